The first-order valence-corrected chi connectivity index (χ1v) is 10.4. The van der Waals surface area contributed by atoms with Crippen LogP contribution < -0.4 is 10.1 Å². The molecule has 5 nitrogen and oxygen atoms in total. The van der Waals surface area contributed by atoms with Crippen molar-refractivity contribution in [2.45, 2.75) is 16.7 Å². The van der Waals surface area contributed by atoms with E-state index in [1.165, 1.54) is 11.8 Å². The fourth-order valence-corrected chi connectivity index (χ4v) is 3.87. The normalized spacial score (nSPS) is 11.4. The molecule has 6 heteroatoms. The highest BCUT2D eigenvalue weighted by Crippen LogP contribution is 2.36. The highest BCUT2D eigenvalue weighted by molar-refractivity contribution is 8.00. The van der Waals surface area contributed by atoms with Gasteiger partial charge in [0.2, 0.25) is 0 Å². The van der Waals surface area contributed by atoms with Crippen molar-refractivity contribution >= 4 is 23.6 Å². The van der Waals surface area contributed by atoms with Crippen LogP contribution in [0, 0.1) is 0 Å². The molecule has 3 aromatic rings. The van der Waals surface area contributed by atoms with Crippen molar-refractivity contribution in [2.24, 2.45) is 0 Å². The van der Waals surface area contributed by atoms with Gasteiger partial charge in [-0.15, -0.1) is 11.8 Å². The van der Waals surface area contributed by atoms with E-state index in [0.717, 1.165) is 16.0 Å². The molecule has 0 bridgehead atoms. The van der Waals surface area contributed by atoms with Gasteiger partial charge >= 0.3 is 5.97 Å². The highest BCUT2D eigenvalue weighted by Gasteiger charge is 2.24. The standard InChI is InChI=1S/C24H23NO4S/c1-28-21-15-9-8-12-19(21)16-25-22(26)17-29-24(27)23(18-10-4-2-5-11-18)30-20-13-6-3-7-14-20/h2-15,23H,16-17H2,1H3,(H,25,26)/t23-/m0/s1. The van der Waals surface area contributed by atoms with Gasteiger partial charge in [0.05, 0.1) is 7.11 Å². The summed E-state index contributed by atoms with van der Waals surface area (Å²) < 4.78 is 10.6. The molecule has 30 heavy (non-hydrogen) atoms. The molecule has 0 radical (unpaired) electrons. The Labute approximate surface area is 180 Å². The molecule has 0 fully saturated rings. The Kier molecular flexibility index (Phi) is 7.92. The highest BCUT2D eigenvalue weighted by atomic mass is 32.2. The lowest BCUT2D eigenvalue weighted by Gasteiger charge is -2.16. The molecule has 0 aliphatic carbocycles. The summed E-state index contributed by atoms with van der Waals surface area (Å²) >= 11 is 1.39. The van der Waals surface area contributed by atoms with Crippen LogP contribution in [0.15, 0.2) is 89.8 Å². The lowest BCUT2D eigenvalue weighted by atomic mass is 10.1. The number of amides is 1. The van der Waals surface area contributed by atoms with E-state index in [1.54, 1.807) is 7.11 Å². The lowest BCUT2D eigenvalue weighted by Crippen LogP contribution is -2.29. The first-order valence-electron chi connectivity index (χ1n) is 9.49. The number of hydrogen-bond acceptors (Lipinski definition) is 5. The molecular weight excluding hydrogens is 398 g/mol. The number of nitrogens with one attached hydrogen (secondary N) is 1. The minimum absolute atomic E-state index is 0.293. The van der Waals surface area contributed by atoms with E-state index >= 15 is 0 Å². The van der Waals surface area contributed by atoms with Gasteiger partial charge in [-0.1, -0.05) is 66.7 Å². The van der Waals surface area contributed by atoms with E-state index in [4.69, 9.17) is 9.47 Å². The Morgan fingerprint density at radius 1 is 0.900 bits per heavy atom. The predicted molar refractivity (Wildman–Crippen MR) is 117 cm³/mol. The minimum atomic E-state index is -0.560. The van der Waals surface area contributed by atoms with Gasteiger partial charge in [0.15, 0.2) is 6.61 Å². The Morgan fingerprint density at radius 2 is 1.53 bits per heavy atom. The summed E-state index contributed by atoms with van der Waals surface area (Å²) in [7, 11) is 1.58. The van der Waals surface area contributed by atoms with Crippen LogP contribution in [-0.2, 0) is 20.9 Å². The predicted octanol–water partition coefficient (Wildman–Crippen LogP) is 4.39. The van der Waals surface area contributed by atoms with Crippen LogP contribution in [0.1, 0.15) is 16.4 Å². The van der Waals surface area contributed by atoms with E-state index in [0.29, 0.717) is 12.3 Å². The second kappa shape index (κ2) is 11.1. The quantitative estimate of drug-likeness (QED) is 0.410. The van der Waals surface area contributed by atoms with Crippen LogP contribution in [0.25, 0.3) is 0 Å². The number of carbonyl (C=O) groups excluding carboxylic acids is 2. The van der Waals surface area contributed by atoms with E-state index in [2.05, 4.69) is 5.32 Å². The summed E-state index contributed by atoms with van der Waals surface area (Å²) in [6.45, 7) is -0.0477. The fraction of sp³-hybridized carbons (Fsp3) is 0.167. The summed E-state index contributed by atoms with van der Waals surface area (Å²) in [5.74, 6) is -0.133. The number of methoxy groups -OCH3 is 1. The molecule has 0 saturated carbocycles. The Bertz CT molecular complexity index is 963. The average Bonchev–Trinajstić information content (AvgIpc) is 2.81. The van der Waals surface area contributed by atoms with Gasteiger partial charge in [-0.05, 0) is 23.8 Å². The second-order valence-electron chi connectivity index (χ2n) is 6.42. The maximum atomic E-state index is 12.8. The third kappa shape index (κ3) is 6.12. The van der Waals surface area contributed by atoms with Crippen LogP contribution >= 0.6 is 11.8 Å². The molecule has 3 aromatic carbocycles. The van der Waals surface area contributed by atoms with E-state index in [-0.39, 0.29) is 12.5 Å². The van der Waals surface area contributed by atoms with Crippen molar-refractivity contribution in [1.82, 2.24) is 5.32 Å². The van der Waals surface area contributed by atoms with Gasteiger partial charge in [-0.25, -0.2) is 0 Å². The molecule has 3 rings (SSSR count). The molecule has 1 N–H and O–H groups in total. The lowest BCUT2D eigenvalue weighted by molar-refractivity contribution is -0.148. The third-order valence-electron chi connectivity index (χ3n) is 4.33. The molecule has 154 valence electrons. The van der Waals surface area contributed by atoms with Gasteiger partial charge in [-0.3, -0.25) is 9.59 Å². The number of ether oxygens (including phenoxy) is 2. The maximum Gasteiger partial charge on any atom is 0.324 e. The van der Waals surface area contributed by atoms with Crippen molar-refractivity contribution in [3.8, 4) is 5.75 Å². The second-order valence-corrected chi connectivity index (χ2v) is 7.60. The summed E-state index contributed by atoms with van der Waals surface area (Å²) in [4.78, 5) is 25.9. The number of esters is 1. The number of carbonyl (C=O) groups is 2. The molecule has 0 heterocycles. The van der Waals surface area contributed by atoms with Gasteiger partial charge < -0.3 is 14.8 Å². The van der Waals surface area contributed by atoms with Crippen molar-refractivity contribution < 1.29 is 19.1 Å². The molecular formula is C24H23NO4S. The molecule has 0 spiro atoms. The van der Waals surface area contributed by atoms with Crippen LogP contribution in [0.2, 0.25) is 0 Å². The molecule has 0 unspecified atom stereocenters. The smallest absolute Gasteiger partial charge is 0.324 e. The first-order chi connectivity index (χ1) is 14.7. The maximum absolute atomic E-state index is 12.8. The van der Waals surface area contributed by atoms with Gasteiger partial charge in [0.1, 0.15) is 11.0 Å². The van der Waals surface area contributed by atoms with Crippen LogP contribution in [0.5, 0.6) is 5.75 Å². The molecule has 1 amide bonds. The van der Waals surface area contributed by atoms with Crippen molar-refractivity contribution in [1.29, 1.82) is 0 Å². The Morgan fingerprint density at radius 3 is 2.23 bits per heavy atom. The fourth-order valence-electron chi connectivity index (χ4n) is 2.82. The zero-order chi connectivity index (χ0) is 21.2. The van der Waals surface area contributed by atoms with Gasteiger partial charge in [0.25, 0.3) is 5.91 Å². The topological polar surface area (TPSA) is 64.6 Å². The van der Waals surface area contributed by atoms with Crippen molar-refractivity contribution in [3.05, 3.63) is 96.1 Å². The molecule has 0 aliphatic heterocycles. The average molecular weight is 422 g/mol. The Hall–Kier alpha value is -3.25. The Balaban J connectivity index is 1.59. The number of benzene rings is 3. The number of thioether (sulfide) groups is 1. The van der Waals surface area contributed by atoms with E-state index < -0.39 is 11.2 Å². The van der Waals surface area contributed by atoms with Gasteiger partial charge in [-0.2, -0.15) is 0 Å². The van der Waals surface area contributed by atoms with Crippen molar-refractivity contribution in [2.75, 3.05) is 13.7 Å². The summed E-state index contributed by atoms with van der Waals surface area (Å²) in [5.41, 5.74) is 1.67. The van der Waals surface area contributed by atoms with Crippen LogP contribution in [0.3, 0.4) is 0 Å². The number of hydrogen-bond donors (Lipinski definition) is 1. The van der Waals surface area contributed by atoms with E-state index in [1.807, 2.05) is 84.9 Å². The largest absolute Gasteiger partial charge is 0.496 e. The summed E-state index contributed by atoms with van der Waals surface area (Å²) in [5, 5.41) is 2.19. The third-order valence-corrected chi connectivity index (χ3v) is 5.57. The summed E-state index contributed by atoms with van der Waals surface area (Å²) in [6, 6.07) is 26.5. The number of para-hydroxylation sites is 1. The minimum Gasteiger partial charge on any atom is -0.496 e. The molecule has 1 atom stereocenters. The molecule has 0 saturated heterocycles. The SMILES string of the molecule is COc1ccccc1CNC(=O)COC(=O)[C@@H](Sc1ccccc1)c1ccccc1. The number of rotatable bonds is 9. The summed E-state index contributed by atoms with van der Waals surface area (Å²) in [6.07, 6.45) is 0. The van der Waals surface area contributed by atoms with Crippen molar-refractivity contribution in [3.63, 3.8) is 0 Å². The van der Waals surface area contributed by atoms with Crippen LogP contribution in [-0.4, -0.2) is 25.6 Å². The van der Waals surface area contributed by atoms with Crippen LogP contribution in [0.4, 0.5) is 0 Å². The molecule has 0 aromatic heterocycles. The molecule has 0 aliphatic rings. The first kappa shape index (κ1) is 21.5. The monoisotopic (exact) mass is 421 g/mol. The van der Waals surface area contributed by atoms with E-state index in [9.17, 15) is 9.59 Å². The zero-order valence-corrected chi connectivity index (χ0v) is 17.4. The van der Waals surface area contributed by atoms with Gasteiger partial charge in [0, 0.05) is 17.0 Å². The zero-order valence-electron chi connectivity index (χ0n) is 16.6.